The molecule has 0 spiro atoms. The largest absolute Gasteiger partial charge is 0.398 e. The fourth-order valence-corrected chi connectivity index (χ4v) is 4.56. The second-order valence-corrected chi connectivity index (χ2v) is 10.1. The average molecular weight is 540 g/mol. The number of nitrogens with one attached hydrogen (secondary N) is 1. The minimum absolute atomic E-state index is 0.0501. The number of halogens is 3. The number of alkyl halides is 2. The second-order valence-electron chi connectivity index (χ2n) is 9.63. The Balaban J connectivity index is 1.67. The molecule has 4 rings (SSSR count). The topological polar surface area (TPSA) is 86.8 Å². The third kappa shape index (κ3) is 4.10. The lowest BCUT2D eigenvalue weighted by Crippen LogP contribution is -2.75. The lowest BCUT2D eigenvalue weighted by atomic mass is 9.21. The van der Waals surface area contributed by atoms with Crippen molar-refractivity contribution in [2.75, 3.05) is 0 Å². The van der Waals surface area contributed by atoms with Crippen LogP contribution in [-0.4, -0.2) is 102 Å². The molecule has 18 heteroatoms. The summed E-state index contributed by atoms with van der Waals surface area (Å²) in [5.74, 6) is -9.45. The molecule has 0 bridgehead atoms. The molecule has 2 aliphatic rings. The molecule has 1 atom stereocenters. The first-order valence-electron chi connectivity index (χ1n) is 11.3. The summed E-state index contributed by atoms with van der Waals surface area (Å²) in [6.07, 6.45) is 0. The first-order valence-corrected chi connectivity index (χ1v) is 11.7. The molecule has 2 heterocycles. The van der Waals surface area contributed by atoms with Gasteiger partial charge in [0.25, 0.3) is 11.8 Å². The number of carbonyl (C=O) groups excluding carboxylic acids is 4. The van der Waals surface area contributed by atoms with Gasteiger partial charge in [-0.15, -0.1) is 0 Å². The van der Waals surface area contributed by atoms with E-state index in [1.807, 2.05) is 5.32 Å². The predicted octanol–water partition coefficient (Wildman–Crippen LogP) is -1.13. The van der Waals surface area contributed by atoms with Crippen molar-refractivity contribution in [1.82, 2.24) is 15.0 Å². The van der Waals surface area contributed by atoms with Crippen LogP contribution in [0.25, 0.3) is 0 Å². The van der Waals surface area contributed by atoms with Crippen LogP contribution in [-0.2, 0) is 32.2 Å². The van der Waals surface area contributed by atoms with Gasteiger partial charge in [-0.2, -0.15) is 8.78 Å². The van der Waals surface area contributed by atoms with Crippen LogP contribution >= 0.6 is 11.6 Å². The van der Waals surface area contributed by atoms with Crippen LogP contribution in [0.1, 0.15) is 27.0 Å². The van der Waals surface area contributed by atoms with Gasteiger partial charge >= 0.3 is 5.92 Å². The Morgan fingerprint density at radius 1 is 0.950 bits per heavy atom. The van der Waals surface area contributed by atoms with Crippen molar-refractivity contribution < 1.29 is 28.0 Å². The van der Waals surface area contributed by atoms with Crippen molar-refractivity contribution >= 4 is 98.1 Å². The second kappa shape index (κ2) is 9.36. The van der Waals surface area contributed by atoms with Gasteiger partial charge in [0.15, 0.2) is 0 Å². The first kappa shape index (κ1) is 30.2. The molecule has 0 aromatic heterocycles. The number of nitrogens with zero attached hydrogens (tertiary/aromatic N) is 2. The van der Waals surface area contributed by atoms with Gasteiger partial charge in [-0.05, 0) is 39.9 Å². The quantitative estimate of drug-likeness (QED) is 0.385. The zero-order valence-electron chi connectivity index (χ0n) is 20.5. The number of hydrogen-bond donors (Lipinski definition) is 1. The number of benzene rings is 2. The number of carbonyl (C=O) groups is 4. The summed E-state index contributed by atoms with van der Waals surface area (Å²) in [6.45, 7) is -0.470. The van der Waals surface area contributed by atoms with E-state index in [2.05, 4.69) is 0 Å². The Labute approximate surface area is 244 Å². The zero-order chi connectivity index (χ0) is 30.2. The van der Waals surface area contributed by atoms with Gasteiger partial charge in [-0.1, -0.05) is 41.1 Å². The summed E-state index contributed by atoms with van der Waals surface area (Å²) in [4.78, 5) is 51.7. The van der Waals surface area contributed by atoms with Crippen molar-refractivity contribution in [2.24, 2.45) is 0 Å². The minimum atomic E-state index is -4.15. The highest BCUT2D eigenvalue weighted by molar-refractivity contribution is 6.66. The molecule has 16 radical (unpaired) electrons. The molecule has 0 saturated carbocycles. The Hall–Kier alpha value is -2.81. The molecule has 40 heavy (non-hydrogen) atoms. The van der Waals surface area contributed by atoms with Gasteiger partial charge in [0.2, 0.25) is 19.8 Å². The highest BCUT2D eigenvalue weighted by Gasteiger charge is 2.63. The fraction of sp³-hybridized carbons (Fsp3) is 0.273. The average Bonchev–Trinajstić information content (AvgIpc) is 3.22. The molecule has 1 fully saturated rings. The maximum atomic E-state index is 15.0. The van der Waals surface area contributed by atoms with Crippen LogP contribution in [0.4, 0.5) is 8.78 Å². The zero-order valence-corrected chi connectivity index (χ0v) is 21.3. The Morgan fingerprint density at radius 3 is 2.08 bits per heavy atom. The molecule has 1 unspecified atom stereocenters. The Kier molecular flexibility index (Phi) is 7.06. The van der Waals surface area contributed by atoms with E-state index in [0.717, 1.165) is 35.2 Å². The van der Waals surface area contributed by atoms with Crippen LogP contribution in [0.15, 0.2) is 42.5 Å². The van der Waals surface area contributed by atoms with Crippen LogP contribution in [0.2, 0.25) is 15.5 Å². The molecule has 2 aliphatic heterocycles. The third-order valence-corrected chi connectivity index (χ3v) is 7.41. The molecule has 2 aromatic rings. The van der Waals surface area contributed by atoms with E-state index < -0.39 is 62.9 Å². The summed E-state index contributed by atoms with van der Waals surface area (Å²) in [6, 6.07) is 7.69. The van der Waals surface area contributed by atoms with E-state index >= 15 is 0 Å². The molecule has 1 saturated heterocycles. The van der Waals surface area contributed by atoms with Crippen LogP contribution in [0.5, 0.6) is 0 Å². The smallest absolute Gasteiger partial charge is 0.348 e. The van der Waals surface area contributed by atoms with E-state index in [1.165, 1.54) is 12.1 Å². The van der Waals surface area contributed by atoms with E-state index in [4.69, 9.17) is 74.5 Å². The van der Waals surface area contributed by atoms with Crippen molar-refractivity contribution in [3.63, 3.8) is 0 Å². The summed E-state index contributed by atoms with van der Waals surface area (Å²) in [7, 11) is 47.6. The molecule has 1 N–H and O–H groups in total. The van der Waals surface area contributed by atoms with E-state index in [1.54, 1.807) is 0 Å². The first-order chi connectivity index (χ1) is 18.2. The highest BCUT2D eigenvalue weighted by atomic mass is 35.5. The molecule has 182 valence electrons. The lowest BCUT2D eigenvalue weighted by Gasteiger charge is -2.60. The van der Waals surface area contributed by atoms with Crippen LogP contribution in [0, 0.1) is 0 Å². The molecular formula is C22H10B8ClF2N3O4. The standard InChI is InChI=1S/C22H10B8ClF2N3O4/c23-19(24)15(38)34-16(39)20(25,22(19,28)29)35-8-9-7-11(3-6-13(9)14(35)37)21(26,27)36(30)17(40)18(32,33)10-1-4-12(31)5-2-10/h1-7H,8H2,(H,34,38,39). The Morgan fingerprint density at radius 2 is 1.50 bits per heavy atom. The number of fused-ring (bicyclic) bond motifs is 1. The van der Waals surface area contributed by atoms with Gasteiger partial charge in [0.1, 0.15) is 7.85 Å². The normalized spacial score (nSPS) is 22.0. The van der Waals surface area contributed by atoms with E-state index in [9.17, 15) is 28.0 Å². The van der Waals surface area contributed by atoms with Crippen molar-refractivity contribution in [3.8, 4) is 0 Å². The van der Waals surface area contributed by atoms with Crippen molar-refractivity contribution in [1.29, 1.82) is 0 Å². The van der Waals surface area contributed by atoms with Crippen LogP contribution < -0.4 is 5.32 Å². The SMILES string of the molecule is [B]N(C(=O)C(F)(F)c1ccc(Cl)cc1)C([B])([B])c1ccc2c(c1)CN(C1([B])C(=O)NC(=O)C([B])([B])C1([B])[B])C2=O. The van der Waals surface area contributed by atoms with Crippen LogP contribution in [0.3, 0.4) is 0 Å². The number of piperidine rings is 1. The lowest BCUT2D eigenvalue weighted by molar-refractivity contribution is -0.155. The Bertz CT molecular complexity index is 1460. The summed E-state index contributed by atoms with van der Waals surface area (Å²) < 4.78 is 29.9. The molecule has 2 aromatic carbocycles. The van der Waals surface area contributed by atoms with Gasteiger partial charge in [0.05, 0.1) is 52.5 Å². The summed E-state index contributed by atoms with van der Waals surface area (Å²) >= 11 is 5.72. The van der Waals surface area contributed by atoms with Crippen molar-refractivity contribution in [3.05, 3.63) is 69.7 Å². The summed E-state index contributed by atoms with van der Waals surface area (Å²) in [5, 5.41) is -5.77. The van der Waals surface area contributed by atoms with E-state index in [-0.39, 0.29) is 26.5 Å². The van der Waals surface area contributed by atoms with E-state index in [0.29, 0.717) is 0 Å². The van der Waals surface area contributed by atoms with Gasteiger partial charge in [0, 0.05) is 22.7 Å². The minimum Gasteiger partial charge on any atom is -0.398 e. The van der Waals surface area contributed by atoms with Gasteiger partial charge in [-0.3, -0.25) is 24.5 Å². The predicted molar refractivity (Wildman–Crippen MR) is 147 cm³/mol. The monoisotopic (exact) mass is 541 g/mol. The van der Waals surface area contributed by atoms with Crippen molar-refractivity contribution in [2.45, 2.75) is 33.7 Å². The molecule has 7 nitrogen and oxygen atoms in total. The van der Waals surface area contributed by atoms with Gasteiger partial charge < -0.3 is 9.71 Å². The number of hydrogen-bond acceptors (Lipinski definition) is 4. The summed E-state index contributed by atoms with van der Waals surface area (Å²) in [5.41, 5.74) is -3.48. The number of imide groups is 1. The number of amides is 4. The molecule has 0 aliphatic carbocycles. The highest BCUT2D eigenvalue weighted by Crippen LogP contribution is 2.55. The molecular weight excluding hydrogens is 530 g/mol. The third-order valence-electron chi connectivity index (χ3n) is 7.15. The van der Waals surface area contributed by atoms with Gasteiger partial charge in [-0.25, -0.2) is 0 Å². The maximum absolute atomic E-state index is 15.0. The molecule has 4 amide bonds. The maximum Gasteiger partial charge on any atom is 0.348 e. The number of rotatable bonds is 5. The fourth-order valence-electron chi connectivity index (χ4n) is 4.43.